The van der Waals surface area contributed by atoms with Crippen LogP contribution >= 0.6 is 11.3 Å². The van der Waals surface area contributed by atoms with Crippen molar-refractivity contribution in [2.45, 2.75) is 130 Å². The number of carbonyl (C=O) groups excluding carboxylic acids is 4. The number of amides is 3. The number of hydrogen-bond acceptors (Lipinski definition) is 13. The molecule has 1 aromatic rings. The highest BCUT2D eigenvalue weighted by Gasteiger charge is 2.51. The zero-order valence-electron chi connectivity index (χ0n) is 32.9. The molecule has 2 rings (SSSR count). The Morgan fingerprint density at radius 1 is 1.00 bits per heavy atom. The van der Waals surface area contributed by atoms with Crippen molar-refractivity contribution in [3.8, 4) is 0 Å². The van der Waals surface area contributed by atoms with Crippen LogP contribution in [0.25, 0.3) is 0 Å². The number of aromatic nitrogens is 1. The molecule has 1 atom stereocenters. The normalized spacial score (nSPS) is 16.5. The Hall–Kier alpha value is -2.91. The highest BCUT2D eigenvalue weighted by molar-refractivity contribution is 7.14. The molecule has 15 nitrogen and oxygen atoms in total. The van der Waals surface area contributed by atoms with Crippen LogP contribution in [0.1, 0.15) is 81.9 Å². The molecule has 0 unspecified atom stereocenters. The summed E-state index contributed by atoms with van der Waals surface area (Å²) in [5, 5.41) is 10.5. The Bertz CT molecular complexity index is 1400. The van der Waals surface area contributed by atoms with Crippen molar-refractivity contribution in [2.75, 3.05) is 31.7 Å². The summed E-state index contributed by atoms with van der Waals surface area (Å²) >= 11 is 1.00. The lowest BCUT2D eigenvalue weighted by molar-refractivity contribution is -0.184. The molecule has 0 radical (unpaired) electrons. The van der Waals surface area contributed by atoms with E-state index in [1.165, 1.54) is 5.38 Å². The minimum absolute atomic E-state index is 0.00443. The van der Waals surface area contributed by atoms with Crippen LogP contribution in [0.4, 0.5) is 9.93 Å². The van der Waals surface area contributed by atoms with Crippen molar-refractivity contribution < 1.29 is 47.2 Å². The lowest BCUT2D eigenvalue weighted by Gasteiger charge is -2.41. The maximum absolute atomic E-state index is 14.2. The summed E-state index contributed by atoms with van der Waals surface area (Å²) in [7, 11) is -5.00. The van der Waals surface area contributed by atoms with Gasteiger partial charge in [0.1, 0.15) is 23.9 Å². The van der Waals surface area contributed by atoms with Crippen molar-refractivity contribution in [1.29, 1.82) is 0 Å². The van der Waals surface area contributed by atoms with E-state index in [2.05, 4.69) is 67.8 Å². The van der Waals surface area contributed by atoms with Crippen LogP contribution in [0.15, 0.2) is 10.5 Å². The van der Waals surface area contributed by atoms with E-state index in [4.69, 9.17) is 28.0 Å². The number of anilines is 1. The molecular weight excluding hydrogens is 715 g/mol. The van der Waals surface area contributed by atoms with Gasteiger partial charge in [0.25, 0.3) is 17.4 Å². The predicted octanol–water partition coefficient (Wildman–Crippen LogP) is 5.74. The number of carbonyl (C=O) groups is 4. The van der Waals surface area contributed by atoms with Crippen LogP contribution in [-0.2, 0) is 42.4 Å². The maximum atomic E-state index is 14.2. The molecule has 0 bridgehead atoms. The van der Waals surface area contributed by atoms with E-state index in [1.807, 2.05) is 40.0 Å². The molecule has 0 saturated carbocycles. The number of esters is 1. The van der Waals surface area contributed by atoms with Gasteiger partial charge in [0.05, 0.1) is 19.8 Å². The quantitative estimate of drug-likeness (QED) is 0.0855. The Kier molecular flexibility index (Phi) is 14.6. The molecule has 18 heteroatoms. The molecule has 1 aliphatic heterocycles. The number of hydrogen-bond donors (Lipinski definition) is 3. The fourth-order valence-electron chi connectivity index (χ4n) is 3.50. The number of ether oxygens (including phenoxy) is 2. The van der Waals surface area contributed by atoms with Gasteiger partial charge in [-0.3, -0.25) is 19.7 Å². The molecule has 1 saturated heterocycles. The van der Waals surface area contributed by atoms with Crippen molar-refractivity contribution in [2.24, 2.45) is 11.1 Å². The molecule has 0 aliphatic carbocycles. The molecule has 2 heterocycles. The van der Waals surface area contributed by atoms with Gasteiger partial charge in [-0.1, -0.05) is 60.5 Å². The third kappa shape index (κ3) is 12.9. The number of rotatable bonds is 15. The first kappa shape index (κ1) is 44.3. The first-order valence-corrected chi connectivity index (χ1v) is 23.7. The summed E-state index contributed by atoms with van der Waals surface area (Å²) < 4.78 is 24.3. The minimum Gasteiger partial charge on any atom is -0.462 e. The number of nitrogens with zero attached hydrogens (tertiary/aromatic N) is 2. The van der Waals surface area contributed by atoms with E-state index in [0.29, 0.717) is 0 Å². The third-order valence-corrected chi connectivity index (χ3v) is 18.5. The van der Waals surface area contributed by atoms with Crippen LogP contribution < -0.4 is 16.1 Å². The predicted molar refractivity (Wildman–Crippen MR) is 200 cm³/mol. The number of nitrogens with one attached hydrogen (secondary N) is 3. The highest BCUT2D eigenvalue weighted by atomic mass is 32.1. The van der Waals surface area contributed by atoms with E-state index >= 15 is 0 Å². The lowest BCUT2D eigenvalue weighted by atomic mass is 10.1. The van der Waals surface area contributed by atoms with Crippen LogP contribution in [0.2, 0.25) is 36.3 Å². The van der Waals surface area contributed by atoms with Crippen molar-refractivity contribution in [3.05, 3.63) is 11.1 Å². The molecule has 0 spiro atoms. The van der Waals surface area contributed by atoms with Gasteiger partial charge in [-0.05, 0) is 63.0 Å². The number of oxime groups is 1. The molecule has 51 heavy (non-hydrogen) atoms. The number of hydroxylamine groups is 1. The van der Waals surface area contributed by atoms with Gasteiger partial charge >= 0.3 is 12.1 Å². The second-order valence-corrected chi connectivity index (χ2v) is 27.6. The zero-order chi connectivity index (χ0) is 39.2. The summed E-state index contributed by atoms with van der Waals surface area (Å²) in [6, 6.07) is -1.04. The van der Waals surface area contributed by atoms with Gasteiger partial charge < -0.3 is 28.5 Å². The largest absolute Gasteiger partial charge is 0.462 e. The van der Waals surface area contributed by atoms with E-state index in [0.717, 1.165) is 11.3 Å². The van der Waals surface area contributed by atoms with Crippen molar-refractivity contribution in [1.82, 2.24) is 15.8 Å². The van der Waals surface area contributed by atoms with E-state index in [-0.39, 0.29) is 59.0 Å². The molecule has 3 N–H and O–H groups in total. The molecule has 1 aliphatic rings. The van der Waals surface area contributed by atoms with Crippen molar-refractivity contribution >= 4 is 62.7 Å². The van der Waals surface area contributed by atoms with Gasteiger partial charge in [-0.2, -0.15) is 0 Å². The Morgan fingerprint density at radius 2 is 1.55 bits per heavy atom. The zero-order valence-corrected chi connectivity index (χ0v) is 35.8. The second kappa shape index (κ2) is 16.8. The average molecular weight is 774 g/mol. The minimum atomic E-state index is -2.50. The molecule has 3 amide bonds. The smallest absolute Gasteiger partial charge is 0.413 e. The fraction of sp³-hybridized carbons (Fsp3) is 0.758. The lowest BCUT2D eigenvalue weighted by Crippen LogP contribution is -2.56. The number of thiazole rings is 1. The summed E-state index contributed by atoms with van der Waals surface area (Å²) in [5.41, 5.74) is -0.919. The summed E-state index contributed by atoms with van der Waals surface area (Å²) in [4.78, 5) is 68.3. The van der Waals surface area contributed by atoms with E-state index in [9.17, 15) is 19.2 Å². The van der Waals surface area contributed by atoms with Gasteiger partial charge in [-0.25, -0.2) is 20.1 Å². The van der Waals surface area contributed by atoms with Gasteiger partial charge in [0, 0.05) is 5.38 Å². The first-order chi connectivity index (χ1) is 23.1. The highest BCUT2D eigenvalue weighted by Crippen LogP contribution is 2.39. The topological polar surface area (TPSA) is 185 Å². The van der Waals surface area contributed by atoms with Gasteiger partial charge in [-0.15, -0.1) is 11.3 Å². The van der Waals surface area contributed by atoms with Crippen LogP contribution in [0, 0.1) is 5.92 Å². The Labute approximate surface area is 308 Å². The van der Waals surface area contributed by atoms with Gasteiger partial charge in [0.15, 0.2) is 27.5 Å². The fourth-order valence-corrected chi connectivity index (χ4v) is 6.23. The van der Waals surface area contributed by atoms with Crippen LogP contribution in [-0.4, -0.2) is 94.9 Å². The Balaban J connectivity index is 2.71. The maximum Gasteiger partial charge on any atom is 0.413 e. The van der Waals surface area contributed by atoms with Gasteiger partial charge in [0.2, 0.25) is 0 Å². The van der Waals surface area contributed by atoms with E-state index in [1.54, 1.807) is 20.8 Å². The summed E-state index contributed by atoms with van der Waals surface area (Å²) in [6.07, 6.45) is -0.750. The van der Waals surface area contributed by atoms with Crippen LogP contribution in [0.5, 0.6) is 0 Å². The summed E-state index contributed by atoms with van der Waals surface area (Å²) in [5.74, 6) is -2.18. The average Bonchev–Trinajstić information content (AvgIpc) is 3.59. The third-order valence-electron chi connectivity index (χ3n) is 8.79. The monoisotopic (exact) mass is 773 g/mol. The SMILES string of the molecule is CC(C)COC(=O)C(CO[Si](C)(C)C(C)(C)C)(CO[Si](C)(C)C(C)(C)C)O/N=C(\C(=O)N[C@H]1CONC1=O)c1csc(NC(=O)OC(C)(C)C)n1. The van der Waals surface area contributed by atoms with E-state index < -0.39 is 57.8 Å². The molecule has 1 fully saturated rings. The molecule has 290 valence electrons. The second-order valence-electron chi connectivity index (χ2n) is 17.1. The standard InChI is InChI=1S/C33H59N5O10SSi2/c1-21(2)16-43-27(41)33(19-45-50(12,13)31(6,7)8,20-46-51(14,15)32(9,10)11)48-37-24(26(40)34-22-17-44-38-25(22)39)23-18-49-28(35-23)36-29(42)47-30(3,4)5/h18,21-22H,16-17,19-20H2,1-15H3,(H,34,40)(H,38,39)(H,35,36,42)/b37-24-/t22-/m0/s1. The van der Waals surface area contributed by atoms with Crippen molar-refractivity contribution in [3.63, 3.8) is 0 Å². The Morgan fingerprint density at radius 3 is 2.00 bits per heavy atom. The molecule has 0 aromatic carbocycles. The summed E-state index contributed by atoms with van der Waals surface area (Å²) in [6.45, 7) is 28.9. The molecule has 1 aromatic heterocycles. The molecular formula is C33H59N5O10SSi2. The van der Waals surface area contributed by atoms with Crippen LogP contribution in [0.3, 0.4) is 0 Å². The first-order valence-electron chi connectivity index (χ1n) is 17.0.